The first kappa shape index (κ1) is 20.9. The molecule has 0 unspecified atom stereocenters. The first-order valence-corrected chi connectivity index (χ1v) is 11.1. The van der Waals surface area contributed by atoms with Gasteiger partial charge in [-0.25, -0.2) is 4.79 Å². The molecule has 0 saturated heterocycles. The average molecular weight is 437 g/mol. The molecule has 0 amide bonds. The van der Waals surface area contributed by atoms with Crippen LogP contribution in [-0.2, 0) is 22.6 Å². The fourth-order valence-corrected chi connectivity index (χ4v) is 4.63. The number of hydrogen-bond donors (Lipinski definition) is 0. The summed E-state index contributed by atoms with van der Waals surface area (Å²) in [7, 11) is 0. The molecule has 0 saturated carbocycles. The summed E-state index contributed by atoms with van der Waals surface area (Å²) in [6, 6.07) is 20.3. The van der Waals surface area contributed by atoms with Gasteiger partial charge in [-0.3, -0.25) is 4.79 Å². The molecule has 1 aromatic heterocycles. The third kappa shape index (κ3) is 3.65. The van der Waals surface area contributed by atoms with Crippen LogP contribution in [0.3, 0.4) is 0 Å². The molecule has 4 aromatic rings. The van der Waals surface area contributed by atoms with Gasteiger partial charge in [0, 0.05) is 52.8 Å². The van der Waals surface area contributed by atoms with Crippen LogP contribution in [0.15, 0.2) is 71.4 Å². The van der Waals surface area contributed by atoms with E-state index in [9.17, 15) is 9.59 Å². The zero-order valence-corrected chi connectivity index (χ0v) is 18.9. The van der Waals surface area contributed by atoms with E-state index in [2.05, 4.69) is 47.0 Å². The number of Topliss-reactive ketones (excluding diaryl/α,β-unsaturated/α-hetero) is 1. The van der Waals surface area contributed by atoms with Crippen molar-refractivity contribution in [1.82, 2.24) is 4.57 Å². The topological polar surface area (TPSA) is 60.7 Å². The molecule has 5 nitrogen and oxygen atoms in total. The molecule has 33 heavy (non-hydrogen) atoms. The van der Waals surface area contributed by atoms with Crippen LogP contribution >= 0.6 is 0 Å². The first-order valence-electron chi connectivity index (χ1n) is 11.1. The molecule has 5 rings (SSSR count). The predicted molar refractivity (Wildman–Crippen MR) is 132 cm³/mol. The van der Waals surface area contributed by atoms with E-state index < -0.39 is 5.97 Å². The number of hydrogen-bond acceptors (Lipinski definition) is 4. The number of aryl methyl sites for hydroxylation is 1. The van der Waals surface area contributed by atoms with Crippen molar-refractivity contribution in [3.8, 4) is 0 Å². The van der Waals surface area contributed by atoms with Crippen molar-refractivity contribution in [3.63, 3.8) is 0 Å². The summed E-state index contributed by atoms with van der Waals surface area (Å²) in [5.41, 5.74) is 7.52. The number of carbonyl (C=O) groups is 2. The minimum absolute atomic E-state index is 0.112. The van der Waals surface area contributed by atoms with E-state index in [1.54, 1.807) is 0 Å². The Kier molecular flexibility index (Phi) is 5.17. The van der Waals surface area contributed by atoms with E-state index in [0.29, 0.717) is 12.1 Å². The number of fused-ring (bicyclic) bond motifs is 4. The number of oxime groups is 1. The lowest BCUT2D eigenvalue weighted by molar-refractivity contribution is -0.140. The Bertz CT molecular complexity index is 1500. The highest BCUT2D eigenvalue weighted by Gasteiger charge is 2.24. The highest BCUT2D eigenvalue weighted by atomic mass is 16.7. The van der Waals surface area contributed by atoms with E-state index in [1.165, 1.54) is 6.92 Å². The molecule has 0 radical (unpaired) electrons. The maximum Gasteiger partial charge on any atom is 0.331 e. The number of carbonyl (C=O) groups excluding carboxylic acids is 2. The zero-order chi connectivity index (χ0) is 23.1. The molecule has 0 fully saturated rings. The Morgan fingerprint density at radius 2 is 1.76 bits per heavy atom. The third-order valence-corrected chi connectivity index (χ3v) is 6.21. The molecular formula is C28H24N2O3. The number of nitrogens with zero attached hydrogens (tertiary/aromatic N) is 2. The van der Waals surface area contributed by atoms with Gasteiger partial charge in [-0.2, -0.15) is 0 Å². The second-order valence-electron chi connectivity index (χ2n) is 8.34. The van der Waals surface area contributed by atoms with Crippen LogP contribution in [0.2, 0.25) is 0 Å². The molecule has 1 heterocycles. The van der Waals surface area contributed by atoms with Gasteiger partial charge in [-0.1, -0.05) is 41.6 Å². The zero-order valence-electron chi connectivity index (χ0n) is 18.9. The monoisotopic (exact) mass is 436 g/mol. The van der Waals surface area contributed by atoms with Crippen molar-refractivity contribution in [3.05, 3.63) is 88.5 Å². The lowest BCUT2D eigenvalue weighted by Crippen LogP contribution is -1.99. The summed E-state index contributed by atoms with van der Waals surface area (Å²) in [6.07, 6.45) is 2.67. The molecule has 1 aliphatic rings. The fourth-order valence-electron chi connectivity index (χ4n) is 4.63. The summed E-state index contributed by atoms with van der Waals surface area (Å²) in [6.45, 7) is 6.12. The van der Waals surface area contributed by atoms with E-state index in [-0.39, 0.29) is 5.78 Å². The van der Waals surface area contributed by atoms with Gasteiger partial charge in [-0.15, -0.1) is 0 Å². The van der Waals surface area contributed by atoms with Gasteiger partial charge in [-0.05, 0) is 60.9 Å². The van der Waals surface area contributed by atoms with Crippen LogP contribution in [0.1, 0.15) is 47.8 Å². The van der Waals surface area contributed by atoms with Crippen LogP contribution in [0.4, 0.5) is 0 Å². The number of benzene rings is 3. The van der Waals surface area contributed by atoms with Gasteiger partial charge >= 0.3 is 5.97 Å². The Labute approximate surface area is 192 Å². The van der Waals surface area contributed by atoms with Gasteiger partial charge in [0.2, 0.25) is 0 Å². The van der Waals surface area contributed by atoms with E-state index in [4.69, 9.17) is 4.84 Å². The van der Waals surface area contributed by atoms with Crippen molar-refractivity contribution < 1.29 is 14.4 Å². The quantitative estimate of drug-likeness (QED) is 0.173. The van der Waals surface area contributed by atoms with Gasteiger partial charge in [0.05, 0.1) is 5.71 Å². The minimum Gasteiger partial charge on any atom is -0.341 e. The van der Waals surface area contributed by atoms with Gasteiger partial charge in [0.25, 0.3) is 0 Å². The summed E-state index contributed by atoms with van der Waals surface area (Å²) in [5.74, 6) is -0.333. The molecule has 5 heteroatoms. The Hall–Kier alpha value is -3.99. The van der Waals surface area contributed by atoms with Crippen LogP contribution in [0, 0.1) is 0 Å². The minimum atomic E-state index is -0.445. The van der Waals surface area contributed by atoms with Crippen molar-refractivity contribution >= 4 is 45.3 Å². The fraction of sp³-hybridized carbons (Fsp3) is 0.179. The lowest BCUT2D eigenvalue weighted by atomic mass is 10.0. The average Bonchev–Trinajstić information content (AvgIpc) is 3.31. The molecule has 0 aliphatic heterocycles. The van der Waals surface area contributed by atoms with Crippen LogP contribution in [-0.4, -0.2) is 22.0 Å². The van der Waals surface area contributed by atoms with Crippen LogP contribution in [0.5, 0.6) is 0 Å². The van der Waals surface area contributed by atoms with E-state index >= 15 is 0 Å². The summed E-state index contributed by atoms with van der Waals surface area (Å²) < 4.78 is 2.28. The summed E-state index contributed by atoms with van der Waals surface area (Å²) in [5, 5.41) is 6.15. The molecule has 0 bridgehead atoms. The van der Waals surface area contributed by atoms with Gasteiger partial charge < -0.3 is 9.40 Å². The normalized spacial score (nSPS) is 14.9. The number of ketones is 1. The number of aromatic nitrogens is 1. The molecule has 0 N–H and O–H groups in total. The molecule has 1 aliphatic carbocycles. The SMILES string of the molecule is CCn1c2ccc(/C=C3\Cc4ccccc4C3=O)cc2c2cc(/C(C)=N/OC(C)=O)ccc21. The maximum absolute atomic E-state index is 12.8. The van der Waals surface area contributed by atoms with Crippen LogP contribution in [0.25, 0.3) is 27.9 Å². The second-order valence-corrected chi connectivity index (χ2v) is 8.34. The van der Waals surface area contributed by atoms with Crippen molar-refractivity contribution in [2.45, 2.75) is 33.7 Å². The molecule has 0 spiro atoms. The van der Waals surface area contributed by atoms with Crippen molar-refractivity contribution in [1.29, 1.82) is 0 Å². The van der Waals surface area contributed by atoms with E-state index in [0.717, 1.165) is 56.2 Å². The third-order valence-electron chi connectivity index (χ3n) is 6.21. The largest absolute Gasteiger partial charge is 0.341 e. The molecule has 0 atom stereocenters. The Balaban J connectivity index is 1.61. The Morgan fingerprint density at radius 1 is 1.03 bits per heavy atom. The highest BCUT2D eigenvalue weighted by molar-refractivity contribution is 6.16. The van der Waals surface area contributed by atoms with Crippen molar-refractivity contribution in [2.75, 3.05) is 0 Å². The van der Waals surface area contributed by atoms with Crippen molar-refractivity contribution in [2.24, 2.45) is 5.16 Å². The molecular weight excluding hydrogens is 412 g/mol. The summed E-state index contributed by atoms with van der Waals surface area (Å²) >= 11 is 0. The maximum atomic E-state index is 12.8. The second kappa shape index (κ2) is 8.17. The highest BCUT2D eigenvalue weighted by Crippen LogP contribution is 2.33. The standard InChI is InChI=1S/C28H24N2O3/c1-4-30-26-11-9-19(13-22-15-21-7-5-6-8-23(21)28(22)32)14-24(26)25-16-20(10-12-27(25)30)17(2)29-33-18(3)31/h5-14,16H,4,15H2,1-3H3/b22-13+,29-17+. The number of allylic oxidation sites excluding steroid dienone is 1. The smallest absolute Gasteiger partial charge is 0.331 e. The van der Waals surface area contributed by atoms with Gasteiger partial charge in [0.1, 0.15) is 0 Å². The van der Waals surface area contributed by atoms with Gasteiger partial charge in [0.15, 0.2) is 5.78 Å². The molecule has 3 aromatic carbocycles. The summed E-state index contributed by atoms with van der Waals surface area (Å²) in [4.78, 5) is 28.8. The number of rotatable bonds is 4. The Morgan fingerprint density at radius 3 is 2.48 bits per heavy atom. The first-order chi connectivity index (χ1) is 16.0. The predicted octanol–water partition coefficient (Wildman–Crippen LogP) is 5.92. The molecule has 164 valence electrons. The lowest BCUT2D eigenvalue weighted by Gasteiger charge is -2.04. The van der Waals surface area contributed by atoms with Crippen LogP contribution < -0.4 is 0 Å². The van der Waals surface area contributed by atoms with E-state index in [1.807, 2.05) is 43.3 Å².